The van der Waals surface area contributed by atoms with Gasteiger partial charge in [-0.05, 0) is 27.7 Å². The average Bonchev–Trinajstić information content (AvgIpc) is 2.46. The number of carbonyl (C=O) groups excluding carboxylic acids is 1. The lowest BCUT2D eigenvalue weighted by molar-refractivity contribution is -0.0588. The van der Waals surface area contributed by atoms with Gasteiger partial charge in [0.05, 0.1) is 16.8 Å². The normalized spacial score (nSPS) is 11.4. The molecule has 0 aliphatic carbocycles. The van der Waals surface area contributed by atoms with Gasteiger partial charge in [-0.2, -0.15) is 0 Å². The van der Waals surface area contributed by atoms with E-state index in [1.54, 1.807) is 6.20 Å². The molecular weight excluding hydrogens is 200 g/mol. The first kappa shape index (κ1) is 11.1. The fourth-order valence-corrected chi connectivity index (χ4v) is 1.38. The van der Waals surface area contributed by atoms with Crippen molar-refractivity contribution in [3.05, 3.63) is 16.1 Å². The summed E-state index contributed by atoms with van der Waals surface area (Å²) in [6.07, 6.45) is 1.54. The van der Waals surface area contributed by atoms with E-state index in [1.165, 1.54) is 11.3 Å². The van der Waals surface area contributed by atoms with Gasteiger partial charge in [0.1, 0.15) is 4.88 Å². The Bertz CT molecular complexity index is 328. The van der Waals surface area contributed by atoms with Gasteiger partial charge in [0, 0.05) is 0 Å². The van der Waals surface area contributed by atoms with Gasteiger partial charge in [-0.1, -0.05) is 0 Å². The smallest absolute Gasteiger partial charge is 0.268 e. The Morgan fingerprint density at radius 2 is 2.21 bits per heavy atom. The van der Waals surface area contributed by atoms with E-state index in [9.17, 15) is 4.79 Å². The topological polar surface area (TPSA) is 51.2 Å². The van der Waals surface area contributed by atoms with E-state index < -0.39 is 0 Å². The number of hydrogen-bond acceptors (Lipinski definition) is 4. The zero-order valence-electron chi connectivity index (χ0n) is 8.75. The molecule has 0 aliphatic rings. The second-order valence-electron chi connectivity index (χ2n) is 3.89. The molecule has 1 aromatic heterocycles. The van der Waals surface area contributed by atoms with Crippen molar-refractivity contribution in [3.63, 3.8) is 0 Å². The molecule has 5 heteroatoms. The van der Waals surface area contributed by atoms with Crippen LogP contribution in [0, 0.1) is 6.92 Å². The van der Waals surface area contributed by atoms with E-state index in [-0.39, 0.29) is 11.5 Å². The summed E-state index contributed by atoms with van der Waals surface area (Å²) >= 11 is 1.34. The third-order valence-corrected chi connectivity index (χ3v) is 2.21. The lowest BCUT2D eigenvalue weighted by Gasteiger charge is -2.18. The summed E-state index contributed by atoms with van der Waals surface area (Å²) in [7, 11) is 0. The maximum Gasteiger partial charge on any atom is 0.286 e. The van der Waals surface area contributed by atoms with Gasteiger partial charge < -0.3 is 0 Å². The Morgan fingerprint density at radius 3 is 2.64 bits per heavy atom. The molecule has 0 atom stereocenters. The Kier molecular flexibility index (Phi) is 3.23. The lowest BCUT2D eigenvalue weighted by atomic mass is 10.2. The Balaban J connectivity index is 2.52. The molecule has 1 N–H and O–H groups in total. The van der Waals surface area contributed by atoms with Crippen LogP contribution in [0.3, 0.4) is 0 Å². The highest BCUT2D eigenvalue weighted by molar-refractivity contribution is 7.13. The number of rotatable bonds is 2. The molecule has 4 nitrogen and oxygen atoms in total. The molecule has 1 aromatic rings. The van der Waals surface area contributed by atoms with Crippen LogP contribution < -0.4 is 5.48 Å². The minimum atomic E-state index is -0.380. The molecular formula is C9H14N2O2S. The van der Waals surface area contributed by atoms with Gasteiger partial charge in [-0.25, -0.2) is 10.5 Å². The van der Waals surface area contributed by atoms with E-state index in [2.05, 4.69) is 10.5 Å². The van der Waals surface area contributed by atoms with Gasteiger partial charge in [0.2, 0.25) is 0 Å². The lowest BCUT2D eigenvalue weighted by Crippen LogP contribution is -2.33. The van der Waals surface area contributed by atoms with Crippen molar-refractivity contribution in [2.24, 2.45) is 0 Å². The largest absolute Gasteiger partial charge is 0.286 e. The summed E-state index contributed by atoms with van der Waals surface area (Å²) < 4.78 is 0. The molecule has 0 unspecified atom stereocenters. The van der Waals surface area contributed by atoms with Gasteiger partial charge in [-0.15, -0.1) is 11.3 Å². The van der Waals surface area contributed by atoms with Crippen molar-refractivity contribution >= 4 is 17.2 Å². The first-order valence-electron chi connectivity index (χ1n) is 4.29. The van der Waals surface area contributed by atoms with Crippen LogP contribution in [0.5, 0.6) is 0 Å². The Morgan fingerprint density at radius 1 is 1.57 bits per heavy atom. The summed E-state index contributed by atoms with van der Waals surface area (Å²) in [5.74, 6) is -0.245. The first-order valence-corrected chi connectivity index (χ1v) is 5.11. The number of nitrogens with zero attached hydrogens (tertiary/aromatic N) is 1. The standard InChI is InChI=1S/C9H14N2O2S/c1-6-10-5-7(14-6)8(12)11-13-9(2,3)4/h5H,1-4H3,(H,11,12). The number of hydrogen-bond donors (Lipinski definition) is 1. The number of hydroxylamine groups is 1. The van der Waals surface area contributed by atoms with Crippen molar-refractivity contribution in [2.75, 3.05) is 0 Å². The quantitative estimate of drug-likeness (QED) is 0.765. The molecule has 1 heterocycles. The summed E-state index contributed by atoms with van der Waals surface area (Å²) in [6.45, 7) is 7.45. The molecule has 0 bridgehead atoms. The molecule has 14 heavy (non-hydrogen) atoms. The molecule has 0 aliphatic heterocycles. The van der Waals surface area contributed by atoms with Crippen molar-refractivity contribution in [3.8, 4) is 0 Å². The van der Waals surface area contributed by atoms with Crippen molar-refractivity contribution in [2.45, 2.75) is 33.3 Å². The molecule has 1 amide bonds. The van der Waals surface area contributed by atoms with Crippen LogP contribution in [-0.4, -0.2) is 16.5 Å². The van der Waals surface area contributed by atoms with Gasteiger partial charge in [0.15, 0.2) is 0 Å². The Hall–Kier alpha value is -0.940. The number of thiazole rings is 1. The van der Waals surface area contributed by atoms with E-state index in [4.69, 9.17) is 4.84 Å². The molecule has 0 saturated carbocycles. The zero-order chi connectivity index (χ0) is 10.8. The average molecular weight is 214 g/mol. The van der Waals surface area contributed by atoms with Crippen LogP contribution in [0.15, 0.2) is 6.20 Å². The maximum atomic E-state index is 11.4. The highest BCUT2D eigenvalue weighted by Gasteiger charge is 2.15. The van der Waals surface area contributed by atoms with Gasteiger partial charge in [0.25, 0.3) is 5.91 Å². The fraction of sp³-hybridized carbons (Fsp3) is 0.556. The van der Waals surface area contributed by atoms with Crippen molar-refractivity contribution in [1.29, 1.82) is 0 Å². The summed E-state index contributed by atoms with van der Waals surface area (Å²) in [4.78, 5) is 21.1. The predicted octanol–water partition coefficient (Wildman–Crippen LogP) is 1.91. The number of nitrogens with one attached hydrogen (secondary N) is 1. The monoisotopic (exact) mass is 214 g/mol. The maximum absolute atomic E-state index is 11.4. The first-order chi connectivity index (χ1) is 6.38. The minimum Gasteiger partial charge on any atom is -0.268 e. The van der Waals surface area contributed by atoms with Crippen LogP contribution in [0.25, 0.3) is 0 Å². The Labute approximate surface area is 87.3 Å². The third-order valence-electron chi connectivity index (χ3n) is 1.29. The number of amides is 1. The van der Waals surface area contributed by atoms with Gasteiger partial charge in [-0.3, -0.25) is 9.63 Å². The molecule has 0 saturated heterocycles. The SMILES string of the molecule is Cc1ncc(C(=O)NOC(C)(C)C)s1. The summed E-state index contributed by atoms with van der Waals surface area (Å²) in [6, 6.07) is 0. The zero-order valence-corrected chi connectivity index (χ0v) is 9.57. The summed E-state index contributed by atoms with van der Waals surface area (Å²) in [5.41, 5.74) is 2.00. The number of aryl methyl sites for hydroxylation is 1. The molecule has 78 valence electrons. The second-order valence-corrected chi connectivity index (χ2v) is 5.12. The minimum absolute atomic E-state index is 0.245. The number of aromatic nitrogens is 1. The molecule has 0 radical (unpaired) electrons. The van der Waals surface area contributed by atoms with E-state index in [0.29, 0.717) is 4.88 Å². The van der Waals surface area contributed by atoms with Gasteiger partial charge >= 0.3 is 0 Å². The van der Waals surface area contributed by atoms with Crippen LogP contribution in [0.1, 0.15) is 35.5 Å². The molecule has 0 aromatic carbocycles. The third kappa shape index (κ3) is 3.43. The van der Waals surface area contributed by atoms with Crippen molar-refractivity contribution < 1.29 is 9.63 Å². The van der Waals surface area contributed by atoms with Crippen molar-refractivity contribution in [1.82, 2.24) is 10.5 Å². The van der Waals surface area contributed by atoms with Crippen LogP contribution in [0.2, 0.25) is 0 Å². The molecule has 0 fully saturated rings. The summed E-state index contributed by atoms with van der Waals surface area (Å²) in [5, 5.41) is 0.867. The van der Waals surface area contributed by atoms with E-state index in [1.807, 2.05) is 27.7 Å². The molecule has 0 spiro atoms. The molecule has 1 rings (SSSR count). The van der Waals surface area contributed by atoms with Crippen LogP contribution >= 0.6 is 11.3 Å². The highest BCUT2D eigenvalue weighted by Crippen LogP contribution is 2.12. The number of carbonyl (C=O) groups is 1. The fourth-order valence-electron chi connectivity index (χ4n) is 0.716. The van der Waals surface area contributed by atoms with E-state index >= 15 is 0 Å². The van der Waals surface area contributed by atoms with Crippen LogP contribution in [0.4, 0.5) is 0 Å². The predicted molar refractivity (Wildman–Crippen MR) is 55.2 cm³/mol. The van der Waals surface area contributed by atoms with E-state index in [0.717, 1.165) is 5.01 Å². The van der Waals surface area contributed by atoms with Crippen LogP contribution in [-0.2, 0) is 4.84 Å². The highest BCUT2D eigenvalue weighted by atomic mass is 32.1. The second kappa shape index (κ2) is 4.06.